The lowest BCUT2D eigenvalue weighted by Crippen LogP contribution is -1.95. The Kier molecular flexibility index (Phi) is 4.23. The van der Waals surface area contributed by atoms with Gasteiger partial charge in [-0.3, -0.25) is 0 Å². The van der Waals surface area contributed by atoms with Crippen LogP contribution in [0.1, 0.15) is 28.3 Å². The fourth-order valence-corrected chi connectivity index (χ4v) is 3.11. The number of nitrogens with zero attached hydrogens (tertiary/aromatic N) is 1. The lowest BCUT2D eigenvalue weighted by molar-refractivity contribution is 0.0697. The van der Waals surface area contributed by atoms with E-state index in [4.69, 9.17) is 5.11 Å². The first-order chi connectivity index (χ1) is 11.0. The molecule has 0 saturated carbocycles. The van der Waals surface area contributed by atoms with Gasteiger partial charge in [0, 0.05) is 11.8 Å². The van der Waals surface area contributed by atoms with E-state index in [-0.39, 0.29) is 5.56 Å². The van der Waals surface area contributed by atoms with Crippen molar-refractivity contribution in [3.8, 4) is 21.7 Å². The van der Waals surface area contributed by atoms with Crippen molar-refractivity contribution in [2.75, 3.05) is 0 Å². The van der Waals surface area contributed by atoms with Crippen molar-refractivity contribution in [1.29, 1.82) is 0 Å². The lowest BCUT2D eigenvalue weighted by atomic mass is 10.0. The van der Waals surface area contributed by atoms with Crippen LogP contribution in [0, 0.1) is 0 Å². The zero-order valence-corrected chi connectivity index (χ0v) is 13.2. The van der Waals surface area contributed by atoms with E-state index in [9.17, 15) is 9.90 Å². The number of benzene rings is 2. The van der Waals surface area contributed by atoms with Crippen molar-refractivity contribution >= 4 is 17.3 Å². The fourth-order valence-electron chi connectivity index (χ4n) is 2.25. The van der Waals surface area contributed by atoms with Crippen LogP contribution in [0.2, 0.25) is 0 Å². The number of rotatable bonds is 4. The van der Waals surface area contributed by atoms with Crippen molar-refractivity contribution in [2.24, 2.45) is 0 Å². The molecule has 0 fully saturated rings. The molecule has 0 aliphatic heterocycles. The van der Waals surface area contributed by atoms with E-state index < -0.39 is 12.1 Å². The third-order valence-corrected chi connectivity index (χ3v) is 4.73. The van der Waals surface area contributed by atoms with Crippen molar-refractivity contribution in [3.05, 3.63) is 65.2 Å². The van der Waals surface area contributed by atoms with Gasteiger partial charge < -0.3 is 10.2 Å². The molecule has 23 heavy (non-hydrogen) atoms. The van der Waals surface area contributed by atoms with E-state index in [1.165, 1.54) is 11.3 Å². The van der Waals surface area contributed by atoms with E-state index in [1.807, 2.05) is 30.3 Å². The zero-order chi connectivity index (χ0) is 16.4. The minimum atomic E-state index is -0.933. The second kappa shape index (κ2) is 6.32. The van der Waals surface area contributed by atoms with Crippen molar-refractivity contribution in [2.45, 2.75) is 13.0 Å². The largest absolute Gasteiger partial charge is 0.478 e. The molecule has 1 aromatic heterocycles. The summed E-state index contributed by atoms with van der Waals surface area (Å²) in [5.41, 5.74) is 3.05. The summed E-state index contributed by atoms with van der Waals surface area (Å²) in [6.45, 7) is 1.72. The Morgan fingerprint density at radius 1 is 1.09 bits per heavy atom. The Bertz CT molecular complexity index is 837. The molecule has 3 rings (SSSR count). The fraction of sp³-hybridized carbons (Fsp3) is 0.111. The summed E-state index contributed by atoms with van der Waals surface area (Å²) in [4.78, 5) is 16.2. The number of aromatic carboxylic acids is 1. The molecule has 2 aromatic carbocycles. The van der Waals surface area contributed by atoms with E-state index in [0.717, 1.165) is 26.6 Å². The monoisotopic (exact) mass is 325 g/mol. The predicted molar refractivity (Wildman–Crippen MR) is 90.6 cm³/mol. The number of hydrogen-bond donors (Lipinski definition) is 2. The average Bonchev–Trinajstić information content (AvgIpc) is 3.05. The SMILES string of the molecule is CC(O)c1cnc(-c2ccc(-c3cccc(C(=O)O)c3)cc2)s1. The van der Waals surface area contributed by atoms with Gasteiger partial charge in [-0.1, -0.05) is 36.4 Å². The minimum absolute atomic E-state index is 0.271. The van der Waals surface area contributed by atoms with Crippen LogP contribution in [-0.2, 0) is 0 Å². The molecule has 0 bridgehead atoms. The van der Waals surface area contributed by atoms with Gasteiger partial charge in [0.05, 0.1) is 16.5 Å². The summed E-state index contributed by atoms with van der Waals surface area (Å²) in [6, 6.07) is 14.7. The van der Waals surface area contributed by atoms with Gasteiger partial charge in [0.25, 0.3) is 0 Å². The highest BCUT2D eigenvalue weighted by molar-refractivity contribution is 7.15. The maximum Gasteiger partial charge on any atom is 0.335 e. The van der Waals surface area contributed by atoms with Crippen LogP contribution < -0.4 is 0 Å². The Labute approximate surface area is 137 Å². The number of aromatic nitrogens is 1. The molecule has 5 heteroatoms. The third-order valence-electron chi connectivity index (χ3n) is 3.51. The maximum absolute atomic E-state index is 11.1. The van der Waals surface area contributed by atoms with Crippen LogP contribution in [0.4, 0.5) is 0 Å². The van der Waals surface area contributed by atoms with Gasteiger partial charge in [-0.05, 0) is 30.2 Å². The van der Waals surface area contributed by atoms with Gasteiger partial charge >= 0.3 is 5.97 Å². The normalized spacial score (nSPS) is 12.1. The first-order valence-electron chi connectivity index (χ1n) is 7.12. The molecule has 2 N–H and O–H groups in total. The second-order valence-corrected chi connectivity index (χ2v) is 6.27. The highest BCUT2D eigenvalue weighted by Gasteiger charge is 2.09. The van der Waals surface area contributed by atoms with Crippen LogP contribution in [0.5, 0.6) is 0 Å². The van der Waals surface area contributed by atoms with Crippen molar-refractivity contribution < 1.29 is 15.0 Å². The van der Waals surface area contributed by atoms with Crippen LogP contribution >= 0.6 is 11.3 Å². The molecule has 0 saturated heterocycles. The topological polar surface area (TPSA) is 70.4 Å². The number of carbonyl (C=O) groups is 1. The van der Waals surface area contributed by atoms with Gasteiger partial charge in [-0.25, -0.2) is 9.78 Å². The van der Waals surface area contributed by atoms with Crippen LogP contribution in [0.3, 0.4) is 0 Å². The number of thiazole rings is 1. The van der Waals surface area contributed by atoms with E-state index in [1.54, 1.807) is 31.3 Å². The van der Waals surface area contributed by atoms with E-state index in [2.05, 4.69) is 4.98 Å². The smallest absolute Gasteiger partial charge is 0.335 e. The van der Waals surface area contributed by atoms with Crippen molar-refractivity contribution in [3.63, 3.8) is 0 Å². The molecule has 3 aromatic rings. The summed E-state index contributed by atoms with van der Waals surface area (Å²) >= 11 is 1.46. The first-order valence-corrected chi connectivity index (χ1v) is 7.94. The van der Waals surface area contributed by atoms with Gasteiger partial charge in [-0.2, -0.15) is 0 Å². The van der Waals surface area contributed by atoms with Gasteiger partial charge in [0.1, 0.15) is 5.01 Å². The zero-order valence-electron chi connectivity index (χ0n) is 12.4. The molecule has 116 valence electrons. The lowest BCUT2D eigenvalue weighted by Gasteiger charge is -2.04. The molecule has 0 radical (unpaired) electrons. The molecule has 1 unspecified atom stereocenters. The number of carboxylic acid groups (broad SMARTS) is 1. The Morgan fingerprint density at radius 3 is 2.39 bits per heavy atom. The second-order valence-electron chi connectivity index (χ2n) is 5.21. The maximum atomic E-state index is 11.1. The third kappa shape index (κ3) is 3.31. The quantitative estimate of drug-likeness (QED) is 0.753. The van der Waals surface area contributed by atoms with Gasteiger partial charge in [0.2, 0.25) is 0 Å². The summed E-state index contributed by atoms with van der Waals surface area (Å²) in [7, 11) is 0. The number of carboxylic acids is 1. The Hall–Kier alpha value is -2.50. The highest BCUT2D eigenvalue weighted by atomic mass is 32.1. The number of aliphatic hydroxyl groups is 1. The minimum Gasteiger partial charge on any atom is -0.478 e. The summed E-state index contributed by atoms with van der Waals surface area (Å²) in [5, 5.41) is 19.5. The standard InChI is InChI=1S/C18H15NO3S/c1-11(20)16-10-19-17(23-16)13-7-5-12(6-8-13)14-3-2-4-15(9-14)18(21)22/h2-11,20H,1H3,(H,21,22). The summed E-state index contributed by atoms with van der Waals surface area (Å²) in [6.07, 6.45) is 1.17. The molecular weight excluding hydrogens is 310 g/mol. The predicted octanol–water partition coefficient (Wildman–Crippen LogP) is 4.23. The van der Waals surface area contributed by atoms with E-state index in [0.29, 0.717) is 0 Å². The van der Waals surface area contributed by atoms with E-state index >= 15 is 0 Å². The molecular formula is C18H15NO3S. The van der Waals surface area contributed by atoms with Crippen molar-refractivity contribution in [1.82, 2.24) is 4.98 Å². The van der Waals surface area contributed by atoms with Gasteiger partial charge in [-0.15, -0.1) is 11.3 Å². The van der Waals surface area contributed by atoms with Crippen LogP contribution in [-0.4, -0.2) is 21.2 Å². The number of hydrogen-bond acceptors (Lipinski definition) is 4. The molecule has 1 atom stereocenters. The first kappa shape index (κ1) is 15.4. The van der Waals surface area contributed by atoms with Crippen LogP contribution in [0.15, 0.2) is 54.7 Å². The molecule has 1 heterocycles. The average molecular weight is 325 g/mol. The number of aliphatic hydroxyl groups excluding tert-OH is 1. The summed E-state index contributed by atoms with van der Waals surface area (Å²) < 4.78 is 0. The molecule has 4 nitrogen and oxygen atoms in total. The van der Waals surface area contributed by atoms with Gasteiger partial charge in [0.15, 0.2) is 0 Å². The summed E-state index contributed by atoms with van der Waals surface area (Å²) in [5.74, 6) is -0.933. The molecule has 0 aliphatic rings. The molecule has 0 spiro atoms. The molecule has 0 aliphatic carbocycles. The van der Waals surface area contributed by atoms with Crippen LogP contribution in [0.25, 0.3) is 21.7 Å². The molecule has 0 amide bonds. The Morgan fingerprint density at radius 2 is 1.78 bits per heavy atom. The highest BCUT2D eigenvalue weighted by Crippen LogP contribution is 2.30. The Balaban J connectivity index is 1.89.